The average molecular weight is 254 g/mol. The summed E-state index contributed by atoms with van der Waals surface area (Å²) in [4.78, 5) is 6.41. The van der Waals surface area contributed by atoms with E-state index in [9.17, 15) is 5.11 Å². The summed E-state index contributed by atoms with van der Waals surface area (Å²) in [7, 11) is 3.35. The van der Waals surface area contributed by atoms with Gasteiger partial charge >= 0.3 is 0 Å². The quantitative estimate of drug-likeness (QED) is 0.756. The number of hydrogen-bond donors (Lipinski definition) is 1. The Kier molecular flexibility index (Phi) is 6.64. The van der Waals surface area contributed by atoms with Gasteiger partial charge in [0.2, 0.25) is 0 Å². The molecular formula is C13H22N2O3. The number of ether oxygens (including phenoxy) is 2. The van der Waals surface area contributed by atoms with Gasteiger partial charge in [-0.15, -0.1) is 0 Å². The number of anilines is 1. The fourth-order valence-corrected chi connectivity index (χ4v) is 1.61. The summed E-state index contributed by atoms with van der Waals surface area (Å²) in [5.74, 6) is 0.836. The zero-order valence-electron chi connectivity index (χ0n) is 11.3. The molecule has 1 aromatic heterocycles. The highest BCUT2D eigenvalue weighted by atomic mass is 16.5. The number of aliphatic hydroxyl groups is 1. The molecule has 1 N–H and O–H groups in total. The Labute approximate surface area is 108 Å². The summed E-state index contributed by atoms with van der Waals surface area (Å²) in [6, 6.07) is 3.72. The van der Waals surface area contributed by atoms with Crippen molar-refractivity contribution in [2.24, 2.45) is 0 Å². The summed E-state index contributed by atoms with van der Waals surface area (Å²) in [6.45, 7) is 4.49. The standard InChI is InChI=1S/C13H22N2O3/c1-11(16)12-4-5-14-13(10-12)15(6-8-17-2)7-9-18-3/h4-5,10-11,16H,6-9H2,1-3H3/t11-/m0/s1. The zero-order chi connectivity index (χ0) is 13.4. The second-order valence-electron chi connectivity index (χ2n) is 4.10. The number of rotatable bonds is 8. The van der Waals surface area contributed by atoms with E-state index in [2.05, 4.69) is 9.88 Å². The van der Waals surface area contributed by atoms with Crippen molar-refractivity contribution in [3.63, 3.8) is 0 Å². The molecule has 0 radical (unpaired) electrons. The average Bonchev–Trinajstić information content (AvgIpc) is 2.39. The summed E-state index contributed by atoms with van der Waals surface area (Å²) in [6.07, 6.45) is 1.22. The molecule has 18 heavy (non-hydrogen) atoms. The van der Waals surface area contributed by atoms with E-state index in [1.54, 1.807) is 27.3 Å². The van der Waals surface area contributed by atoms with Crippen LogP contribution >= 0.6 is 0 Å². The molecule has 0 bridgehead atoms. The van der Waals surface area contributed by atoms with Gasteiger partial charge in [0.15, 0.2) is 0 Å². The van der Waals surface area contributed by atoms with Crippen LogP contribution in [0.1, 0.15) is 18.6 Å². The number of aliphatic hydroxyl groups excluding tert-OH is 1. The third-order valence-electron chi connectivity index (χ3n) is 2.71. The molecule has 5 heteroatoms. The molecule has 0 aliphatic rings. The van der Waals surface area contributed by atoms with Crippen molar-refractivity contribution in [3.05, 3.63) is 23.9 Å². The lowest BCUT2D eigenvalue weighted by atomic mass is 10.1. The number of aromatic nitrogens is 1. The van der Waals surface area contributed by atoms with Gasteiger partial charge in [0, 0.05) is 33.5 Å². The van der Waals surface area contributed by atoms with Gasteiger partial charge in [0.25, 0.3) is 0 Å². The van der Waals surface area contributed by atoms with Crippen LogP contribution in [0.25, 0.3) is 0 Å². The highest BCUT2D eigenvalue weighted by Gasteiger charge is 2.09. The van der Waals surface area contributed by atoms with Crippen molar-refractivity contribution in [1.29, 1.82) is 0 Å². The SMILES string of the molecule is COCCN(CCOC)c1cc([C@H](C)O)ccn1. The van der Waals surface area contributed by atoms with Gasteiger partial charge in [0.1, 0.15) is 5.82 Å². The predicted octanol–water partition coefficient (Wildman–Crippen LogP) is 1.23. The lowest BCUT2D eigenvalue weighted by molar-refractivity contribution is 0.189. The number of methoxy groups -OCH3 is 2. The van der Waals surface area contributed by atoms with Crippen LogP contribution in [0.15, 0.2) is 18.3 Å². The molecule has 102 valence electrons. The van der Waals surface area contributed by atoms with E-state index in [4.69, 9.17) is 9.47 Å². The minimum atomic E-state index is -0.488. The largest absolute Gasteiger partial charge is 0.389 e. The van der Waals surface area contributed by atoms with Crippen molar-refractivity contribution in [1.82, 2.24) is 4.98 Å². The fourth-order valence-electron chi connectivity index (χ4n) is 1.61. The van der Waals surface area contributed by atoms with Gasteiger partial charge in [-0.2, -0.15) is 0 Å². The Morgan fingerprint density at radius 3 is 2.39 bits per heavy atom. The summed E-state index contributed by atoms with van der Waals surface area (Å²) < 4.78 is 10.2. The molecule has 1 aromatic rings. The molecule has 0 saturated heterocycles. The van der Waals surface area contributed by atoms with Crippen molar-refractivity contribution < 1.29 is 14.6 Å². The van der Waals surface area contributed by atoms with E-state index < -0.39 is 6.10 Å². The smallest absolute Gasteiger partial charge is 0.128 e. The van der Waals surface area contributed by atoms with E-state index in [1.807, 2.05) is 12.1 Å². The Balaban J connectivity index is 2.78. The van der Waals surface area contributed by atoms with Crippen LogP contribution < -0.4 is 4.90 Å². The van der Waals surface area contributed by atoms with E-state index in [0.29, 0.717) is 13.2 Å². The Bertz CT molecular complexity index is 337. The van der Waals surface area contributed by atoms with Crippen LogP contribution in [0.4, 0.5) is 5.82 Å². The van der Waals surface area contributed by atoms with E-state index >= 15 is 0 Å². The first-order valence-corrected chi connectivity index (χ1v) is 6.06. The van der Waals surface area contributed by atoms with Crippen molar-refractivity contribution in [2.75, 3.05) is 45.4 Å². The molecule has 1 heterocycles. The predicted molar refractivity (Wildman–Crippen MR) is 70.8 cm³/mol. The number of hydrogen-bond acceptors (Lipinski definition) is 5. The van der Waals surface area contributed by atoms with Gasteiger partial charge in [-0.3, -0.25) is 0 Å². The molecule has 0 aliphatic heterocycles. The maximum Gasteiger partial charge on any atom is 0.128 e. The molecule has 0 amide bonds. The molecule has 0 fully saturated rings. The van der Waals surface area contributed by atoms with E-state index in [1.165, 1.54) is 0 Å². The maximum atomic E-state index is 9.59. The van der Waals surface area contributed by atoms with Crippen LogP contribution in [0.3, 0.4) is 0 Å². The monoisotopic (exact) mass is 254 g/mol. The second-order valence-corrected chi connectivity index (χ2v) is 4.10. The normalized spacial score (nSPS) is 12.4. The van der Waals surface area contributed by atoms with Crippen LogP contribution in [-0.4, -0.2) is 50.6 Å². The van der Waals surface area contributed by atoms with Gasteiger partial charge in [-0.05, 0) is 24.6 Å². The topological polar surface area (TPSA) is 54.8 Å². The van der Waals surface area contributed by atoms with Gasteiger partial charge in [0.05, 0.1) is 19.3 Å². The van der Waals surface area contributed by atoms with Gasteiger partial charge < -0.3 is 19.5 Å². The fraction of sp³-hybridized carbons (Fsp3) is 0.615. The molecular weight excluding hydrogens is 232 g/mol. The van der Waals surface area contributed by atoms with Crippen LogP contribution in [0, 0.1) is 0 Å². The van der Waals surface area contributed by atoms with Crippen LogP contribution in [-0.2, 0) is 9.47 Å². The first-order valence-electron chi connectivity index (χ1n) is 6.06. The van der Waals surface area contributed by atoms with Crippen molar-refractivity contribution in [2.45, 2.75) is 13.0 Å². The molecule has 0 spiro atoms. The third-order valence-corrected chi connectivity index (χ3v) is 2.71. The first kappa shape index (κ1) is 14.9. The molecule has 0 aliphatic carbocycles. The number of nitrogens with zero attached hydrogens (tertiary/aromatic N) is 2. The molecule has 0 saturated carbocycles. The second kappa shape index (κ2) is 8.02. The van der Waals surface area contributed by atoms with Gasteiger partial charge in [-0.25, -0.2) is 4.98 Å². The number of pyridine rings is 1. The summed E-state index contributed by atoms with van der Waals surface area (Å²) >= 11 is 0. The highest BCUT2D eigenvalue weighted by Crippen LogP contribution is 2.17. The van der Waals surface area contributed by atoms with Crippen LogP contribution in [0.2, 0.25) is 0 Å². The summed E-state index contributed by atoms with van der Waals surface area (Å²) in [5, 5.41) is 9.59. The zero-order valence-corrected chi connectivity index (χ0v) is 11.3. The summed E-state index contributed by atoms with van der Waals surface area (Å²) in [5.41, 5.74) is 0.861. The van der Waals surface area contributed by atoms with E-state index in [-0.39, 0.29) is 0 Å². The van der Waals surface area contributed by atoms with Crippen molar-refractivity contribution in [3.8, 4) is 0 Å². The van der Waals surface area contributed by atoms with E-state index in [0.717, 1.165) is 24.5 Å². The Morgan fingerprint density at radius 2 is 1.89 bits per heavy atom. The Hall–Kier alpha value is -1.17. The van der Waals surface area contributed by atoms with Crippen LogP contribution in [0.5, 0.6) is 0 Å². The lowest BCUT2D eigenvalue weighted by Crippen LogP contribution is -2.31. The Morgan fingerprint density at radius 1 is 1.28 bits per heavy atom. The maximum absolute atomic E-state index is 9.59. The van der Waals surface area contributed by atoms with Gasteiger partial charge in [-0.1, -0.05) is 0 Å². The third kappa shape index (κ3) is 4.60. The minimum Gasteiger partial charge on any atom is -0.389 e. The molecule has 0 aromatic carbocycles. The molecule has 0 unspecified atom stereocenters. The first-order chi connectivity index (χ1) is 8.69. The molecule has 1 atom stereocenters. The lowest BCUT2D eigenvalue weighted by Gasteiger charge is -2.23. The molecule has 1 rings (SSSR count). The highest BCUT2D eigenvalue weighted by molar-refractivity contribution is 5.41. The van der Waals surface area contributed by atoms with Crippen molar-refractivity contribution >= 4 is 5.82 Å². The minimum absolute atomic E-state index is 0.488. The molecule has 5 nitrogen and oxygen atoms in total.